The summed E-state index contributed by atoms with van der Waals surface area (Å²) in [6.07, 6.45) is 4.18. The number of nitrogens with one attached hydrogen (secondary N) is 1. The molecule has 0 atom stereocenters. The molecule has 1 aromatic heterocycles. The van der Waals surface area contributed by atoms with Gasteiger partial charge in [-0.1, -0.05) is 13.3 Å². The Labute approximate surface area is 79.8 Å². The van der Waals surface area contributed by atoms with Crippen molar-refractivity contribution in [1.82, 2.24) is 5.32 Å². The Kier molecular flexibility index (Phi) is 6.91. The quantitative estimate of drug-likeness (QED) is 0.721. The smallest absolute Gasteiger partial charge is 0.117 e. The summed E-state index contributed by atoms with van der Waals surface area (Å²) in [5, 5.41) is 3.29. The minimum absolute atomic E-state index is 0. The molecule has 1 rings (SSSR count). The van der Waals surface area contributed by atoms with Gasteiger partial charge in [0.15, 0.2) is 0 Å². The van der Waals surface area contributed by atoms with Crippen LogP contribution in [0.1, 0.15) is 25.5 Å². The summed E-state index contributed by atoms with van der Waals surface area (Å²) in [6, 6.07) is 3.90. The number of halogens is 1. The normalized spacial score (nSPS) is 9.42. The molecule has 1 heterocycles. The van der Waals surface area contributed by atoms with Crippen LogP contribution in [0.2, 0.25) is 0 Å². The van der Waals surface area contributed by atoms with Gasteiger partial charge in [0.05, 0.1) is 12.8 Å². The van der Waals surface area contributed by atoms with Gasteiger partial charge in [0.1, 0.15) is 5.76 Å². The van der Waals surface area contributed by atoms with Crippen LogP contribution < -0.4 is 5.32 Å². The van der Waals surface area contributed by atoms with Crippen LogP contribution in [-0.2, 0) is 6.54 Å². The molecule has 2 nitrogen and oxygen atoms in total. The van der Waals surface area contributed by atoms with Crippen LogP contribution in [0, 0.1) is 0 Å². The second-order valence-corrected chi connectivity index (χ2v) is 2.61. The molecular weight excluding hydrogens is 174 g/mol. The fourth-order valence-electron chi connectivity index (χ4n) is 0.927. The largest absolute Gasteiger partial charge is 0.468 e. The zero-order valence-corrected chi connectivity index (χ0v) is 8.19. The first-order valence-corrected chi connectivity index (χ1v) is 4.16. The molecule has 0 unspecified atom stereocenters. The average molecular weight is 190 g/mol. The van der Waals surface area contributed by atoms with Gasteiger partial charge >= 0.3 is 0 Å². The van der Waals surface area contributed by atoms with E-state index < -0.39 is 0 Å². The van der Waals surface area contributed by atoms with E-state index in [1.807, 2.05) is 12.1 Å². The SMILES string of the molecule is CCCCNCc1ccco1.Cl. The van der Waals surface area contributed by atoms with E-state index in [0.29, 0.717) is 0 Å². The predicted molar refractivity (Wildman–Crippen MR) is 52.6 cm³/mol. The van der Waals surface area contributed by atoms with Gasteiger partial charge in [-0.05, 0) is 25.1 Å². The van der Waals surface area contributed by atoms with E-state index in [4.69, 9.17) is 4.42 Å². The van der Waals surface area contributed by atoms with Gasteiger partial charge in [-0.25, -0.2) is 0 Å². The second-order valence-electron chi connectivity index (χ2n) is 2.61. The maximum Gasteiger partial charge on any atom is 0.117 e. The third-order valence-corrected chi connectivity index (χ3v) is 1.59. The number of rotatable bonds is 5. The molecule has 0 saturated carbocycles. The average Bonchev–Trinajstić information content (AvgIpc) is 2.50. The number of furan rings is 1. The Morgan fingerprint density at radius 3 is 2.92 bits per heavy atom. The number of unbranched alkanes of at least 4 members (excludes halogenated alkanes) is 1. The lowest BCUT2D eigenvalue weighted by molar-refractivity contribution is 0.480. The van der Waals surface area contributed by atoms with E-state index in [9.17, 15) is 0 Å². The molecule has 1 aromatic rings. The highest BCUT2D eigenvalue weighted by Crippen LogP contribution is 1.98. The van der Waals surface area contributed by atoms with Gasteiger partial charge < -0.3 is 9.73 Å². The van der Waals surface area contributed by atoms with Crippen molar-refractivity contribution in [2.75, 3.05) is 6.54 Å². The first-order chi connectivity index (χ1) is 5.43. The third-order valence-electron chi connectivity index (χ3n) is 1.59. The van der Waals surface area contributed by atoms with Gasteiger partial charge in [-0.3, -0.25) is 0 Å². The predicted octanol–water partition coefficient (Wildman–Crippen LogP) is 2.59. The summed E-state index contributed by atoms with van der Waals surface area (Å²) >= 11 is 0. The number of hydrogen-bond acceptors (Lipinski definition) is 2. The lowest BCUT2D eigenvalue weighted by atomic mass is 10.3. The Morgan fingerprint density at radius 2 is 2.33 bits per heavy atom. The summed E-state index contributed by atoms with van der Waals surface area (Å²) in [5.74, 6) is 1.01. The van der Waals surface area contributed by atoms with E-state index in [1.165, 1.54) is 12.8 Å². The molecular formula is C9H16ClNO. The second kappa shape index (κ2) is 7.19. The summed E-state index contributed by atoms with van der Waals surface area (Å²) in [7, 11) is 0. The van der Waals surface area contributed by atoms with Gasteiger partial charge in [-0.15, -0.1) is 12.4 Å². The summed E-state index contributed by atoms with van der Waals surface area (Å²) in [4.78, 5) is 0. The van der Waals surface area contributed by atoms with Crippen molar-refractivity contribution >= 4 is 12.4 Å². The molecule has 0 saturated heterocycles. The highest BCUT2D eigenvalue weighted by molar-refractivity contribution is 5.85. The van der Waals surface area contributed by atoms with Crippen molar-refractivity contribution in [2.24, 2.45) is 0 Å². The van der Waals surface area contributed by atoms with Crippen molar-refractivity contribution in [3.63, 3.8) is 0 Å². The van der Waals surface area contributed by atoms with E-state index in [-0.39, 0.29) is 12.4 Å². The van der Waals surface area contributed by atoms with Crippen LogP contribution in [0.3, 0.4) is 0 Å². The molecule has 0 aliphatic carbocycles. The third kappa shape index (κ3) is 4.42. The first-order valence-electron chi connectivity index (χ1n) is 4.16. The monoisotopic (exact) mass is 189 g/mol. The fourth-order valence-corrected chi connectivity index (χ4v) is 0.927. The standard InChI is InChI=1S/C9H15NO.ClH/c1-2-3-6-10-8-9-5-4-7-11-9;/h4-5,7,10H,2-3,6,8H2,1H3;1H. The fraction of sp³-hybridized carbons (Fsp3) is 0.556. The molecule has 0 aliphatic heterocycles. The van der Waals surface area contributed by atoms with Crippen LogP contribution in [-0.4, -0.2) is 6.54 Å². The highest BCUT2D eigenvalue weighted by atomic mass is 35.5. The Hall–Kier alpha value is -0.470. The Balaban J connectivity index is 0.00000121. The molecule has 0 bridgehead atoms. The molecule has 70 valence electrons. The minimum atomic E-state index is 0. The molecule has 0 aromatic carbocycles. The molecule has 1 N–H and O–H groups in total. The van der Waals surface area contributed by atoms with Crippen LogP contribution in [0.4, 0.5) is 0 Å². The molecule has 0 radical (unpaired) electrons. The van der Waals surface area contributed by atoms with Crippen LogP contribution >= 0.6 is 12.4 Å². The van der Waals surface area contributed by atoms with E-state index in [1.54, 1.807) is 6.26 Å². The maximum absolute atomic E-state index is 5.15. The van der Waals surface area contributed by atoms with Gasteiger partial charge in [0.2, 0.25) is 0 Å². The van der Waals surface area contributed by atoms with E-state index in [2.05, 4.69) is 12.2 Å². The van der Waals surface area contributed by atoms with Crippen LogP contribution in [0.5, 0.6) is 0 Å². The summed E-state index contributed by atoms with van der Waals surface area (Å²) in [5.41, 5.74) is 0. The number of hydrogen-bond donors (Lipinski definition) is 1. The Morgan fingerprint density at radius 1 is 1.50 bits per heavy atom. The lowest BCUT2D eigenvalue weighted by Gasteiger charge is -1.99. The zero-order chi connectivity index (χ0) is 7.94. The van der Waals surface area contributed by atoms with Crippen LogP contribution in [0.25, 0.3) is 0 Å². The highest BCUT2D eigenvalue weighted by Gasteiger charge is 1.92. The molecule has 0 aliphatic rings. The van der Waals surface area contributed by atoms with Crippen molar-refractivity contribution in [1.29, 1.82) is 0 Å². The van der Waals surface area contributed by atoms with Crippen molar-refractivity contribution in [3.8, 4) is 0 Å². The maximum atomic E-state index is 5.15. The Bertz CT molecular complexity index is 175. The van der Waals surface area contributed by atoms with Crippen molar-refractivity contribution in [2.45, 2.75) is 26.3 Å². The van der Waals surface area contributed by atoms with Crippen molar-refractivity contribution < 1.29 is 4.42 Å². The van der Waals surface area contributed by atoms with E-state index >= 15 is 0 Å². The topological polar surface area (TPSA) is 25.2 Å². The summed E-state index contributed by atoms with van der Waals surface area (Å²) in [6.45, 7) is 4.12. The molecule has 0 fully saturated rings. The van der Waals surface area contributed by atoms with Gasteiger partial charge in [0, 0.05) is 0 Å². The molecule has 12 heavy (non-hydrogen) atoms. The molecule has 0 amide bonds. The molecule has 0 spiro atoms. The van der Waals surface area contributed by atoms with E-state index in [0.717, 1.165) is 18.8 Å². The molecule has 3 heteroatoms. The first kappa shape index (κ1) is 11.5. The van der Waals surface area contributed by atoms with Crippen molar-refractivity contribution in [3.05, 3.63) is 24.2 Å². The zero-order valence-electron chi connectivity index (χ0n) is 7.38. The van der Waals surface area contributed by atoms with Gasteiger partial charge in [-0.2, -0.15) is 0 Å². The van der Waals surface area contributed by atoms with Crippen LogP contribution in [0.15, 0.2) is 22.8 Å². The van der Waals surface area contributed by atoms with Gasteiger partial charge in [0.25, 0.3) is 0 Å². The minimum Gasteiger partial charge on any atom is -0.468 e. The lowest BCUT2D eigenvalue weighted by Crippen LogP contribution is -2.13. The summed E-state index contributed by atoms with van der Waals surface area (Å²) < 4.78 is 5.15.